The number of phenolic OH excluding ortho intramolecular Hbond substituents is 1. The number of hydrogen-bond acceptors (Lipinski definition) is 3. The van der Waals surface area contributed by atoms with E-state index in [4.69, 9.17) is 0 Å². The van der Waals surface area contributed by atoms with Crippen LogP contribution in [0, 0.1) is 18.8 Å². The van der Waals surface area contributed by atoms with Crippen LogP contribution in [0.25, 0.3) is 10.9 Å². The molecule has 0 saturated heterocycles. The molecule has 0 spiro atoms. The maximum atomic E-state index is 10.4. The second-order valence-electron chi connectivity index (χ2n) is 8.57. The van der Waals surface area contributed by atoms with E-state index < -0.39 is 5.54 Å². The Labute approximate surface area is 188 Å². The largest absolute Gasteiger partial charge is 0.508 e. The van der Waals surface area contributed by atoms with Crippen molar-refractivity contribution in [2.75, 3.05) is 6.61 Å². The number of aromatic nitrogens is 1. The van der Waals surface area contributed by atoms with Gasteiger partial charge in [-0.15, -0.1) is 0 Å². The molecule has 0 bridgehead atoms. The molecule has 4 heteroatoms. The lowest BCUT2D eigenvalue weighted by Crippen LogP contribution is -2.47. The van der Waals surface area contributed by atoms with Crippen LogP contribution < -0.4 is 5.32 Å². The summed E-state index contributed by atoms with van der Waals surface area (Å²) in [6.45, 7) is 4.44. The van der Waals surface area contributed by atoms with E-state index in [1.165, 1.54) is 5.56 Å². The molecular weight excluding hydrogens is 396 g/mol. The van der Waals surface area contributed by atoms with Crippen LogP contribution >= 0.6 is 0 Å². The van der Waals surface area contributed by atoms with Gasteiger partial charge in [0.15, 0.2) is 0 Å². The van der Waals surface area contributed by atoms with Crippen molar-refractivity contribution in [1.29, 1.82) is 0 Å². The van der Waals surface area contributed by atoms with Crippen molar-refractivity contribution < 1.29 is 10.2 Å². The molecule has 0 amide bonds. The number of H-pyrrole nitrogens is 1. The molecule has 1 heterocycles. The molecule has 1 unspecified atom stereocenters. The highest BCUT2D eigenvalue weighted by Gasteiger charge is 2.25. The molecule has 4 aromatic rings. The summed E-state index contributed by atoms with van der Waals surface area (Å²) in [5, 5.41) is 25.1. The molecule has 162 valence electrons. The van der Waals surface area contributed by atoms with Gasteiger partial charge < -0.3 is 20.5 Å². The number of aromatic hydroxyl groups is 1. The number of aromatic amines is 1. The van der Waals surface area contributed by atoms with Gasteiger partial charge in [-0.1, -0.05) is 47.7 Å². The maximum absolute atomic E-state index is 10.4. The van der Waals surface area contributed by atoms with E-state index in [0.29, 0.717) is 13.0 Å². The molecule has 0 radical (unpaired) electrons. The lowest BCUT2D eigenvalue weighted by molar-refractivity contribution is 0.172. The van der Waals surface area contributed by atoms with Crippen molar-refractivity contribution in [3.63, 3.8) is 0 Å². The van der Waals surface area contributed by atoms with E-state index in [0.717, 1.165) is 33.2 Å². The predicted molar refractivity (Wildman–Crippen MR) is 130 cm³/mol. The number of aryl methyl sites for hydroxylation is 1. The van der Waals surface area contributed by atoms with Gasteiger partial charge in [0.1, 0.15) is 5.75 Å². The zero-order valence-electron chi connectivity index (χ0n) is 18.4. The third kappa shape index (κ3) is 5.03. The zero-order chi connectivity index (χ0) is 22.6. The lowest BCUT2D eigenvalue weighted by Gasteiger charge is -2.29. The van der Waals surface area contributed by atoms with Gasteiger partial charge in [0.2, 0.25) is 0 Å². The SMILES string of the molecule is Cc1ccc(C#Cc2ccc(O)c(CNC(C)(CO)Cc3c[nH]c4ccccc34)c2)cc1. The summed E-state index contributed by atoms with van der Waals surface area (Å²) in [5.41, 5.74) is 5.43. The highest BCUT2D eigenvalue weighted by molar-refractivity contribution is 5.83. The van der Waals surface area contributed by atoms with Gasteiger partial charge in [-0.3, -0.25) is 0 Å². The van der Waals surface area contributed by atoms with Crippen molar-refractivity contribution in [1.82, 2.24) is 10.3 Å². The van der Waals surface area contributed by atoms with Crippen molar-refractivity contribution in [3.05, 3.63) is 101 Å². The Morgan fingerprint density at radius 2 is 1.66 bits per heavy atom. The fraction of sp³-hybridized carbons (Fsp3) is 0.214. The molecule has 4 nitrogen and oxygen atoms in total. The van der Waals surface area contributed by atoms with Gasteiger partial charge in [0.25, 0.3) is 0 Å². The van der Waals surface area contributed by atoms with Crippen molar-refractivity contribution in [3.8, 4) is 17.6 Å². The van der Waals surface area contributed by atoms with E-state index in [1.54, 1.807) is 6.07 Å². The maximum Gasteiger partial charge on any atom is 0.120 e. The molecule has 1 aromatic heterocycles. The summed E-state index contributed by atoms with van der Waals surface area (Å²) < 4.78 is 0. The summed E-state index contributed by atoms with van der Waals surface area (Å²) in [7, 11) is 0. The first-order chi connectivity index (χ1) is 15.5. The standard InChI is InChI=1S/C28H28N2O2/c1-20-7-9-21(10-8-20)11-12-22-13-14-27(32)23(15-22)18-30-28(2,19-31)16-24-17-29-26-6-4-3-5-25(24)26/h3-10,13-15,17,29-32H,16,18-19H2,1-2H3. The van der Waals surface area contributed by atoms with Crippen LogP contribution in [-0.4, -0.2) is 27.3 Å². The minimum Gasteiger partial charge on any atom is -0.508 e. The van der Waals surface area contributed by atoms with Gasteiger partial charge in [0, 0.05) is 45.9 Å². The molecule has 0 aliphatic heterocycles. The molecule has 0 fully saturated rings. The Bertz CT molecular complexity index is 1280. The van der Waals surface area contributed by atoms with Crippen LogP contribution in [0.1, 0.15) is 34.7 Å². The third-order valence-corrected chi connectivity index (χ3v) is 5.79. The van der Waals surface area contributed by atoms with E-state index in [9.17, 15) is 10.2 Å². The van der Waals surface area contributed by atoms with E-state index in [2.05, 4.69) is 35.1 Å². The van der Waals surface area contributed by atoms with Crippen LogP contribution in [0.15, 0.2) is 72.9 Å². The van der Waals surface area contributed by atoms with E-state index in [1.807, 2.05) is 67.7 Å². The minimum atomic E-state index is -0.541. The number of phenols is 1. The van der Waals surface area contributed by atoms with Crippen LogP contribution in [-0.2, 0) is 13.0 Å². The highest BCUT2D eigenvalue weighted by Crippen LogP contribution is 2.24. The monoisotopic (exact) mass is 424 g/mol. The normalized spacial score (nSPS) is 12.8. The van der Waals surface area contributed by atoms with E-state index in [-0.39, 0.29) is 12.4 Å². The molecule has 4 N–H and O–H groups in total. The average Bonchev–Trinajstić information content (AvgIpc) is 3.21. The lowest BCUT2D eigenvalue weighted by atomic mass is 9.93. The summed E-state index contributed by atoms with van der Waals surface area (Å²) in [6.07, 6.45) is 2.65. The molecule has 0 aliphatic rings. The van der Waals surface area contributed by atoms with Gasteiger partial charge in [-0.25, -0.2) is 0 Å². The number of nitrogens with one attached hydrogen (secondary N) is 2. The fourth-order valence-corrected chi connectivity index (χ4v) is 3.77. The Morgan fingerprint density at radius 3 is 2.44 bits per heavy atom. The van der Waals surface area contributed by atoms with Crippen LogP contribution in [0.2, 0.25) is 0 Å². The van der Waals surface area contributed by atoms with Crippen LogP contribution in [0.3, 0.4) is 0 Å². The number of aliphatic hydroxyl groups excluding tert-OH is 1. The van der Waals surface area contributed by atoms with Crippen molar-refractivity contribution >= 4 is 10.9 Å². The van der Waals surface area contributed by atoms with Crippen molar-refractivity contribution in [2.24, 2.45) is 0 Å². The molecular formula is C28H28N2O2. The Kier molecular flexibility index (Phi) is 6.32. The minimum absolute atomic E-state index is 0.0276. The molecule has 4 rings (SSSR count). The number of rotatable bonds is 6. The third-order valence-electron chi connectivity index (χ3n) is 5.79. The van der Waals surface area contributed by atoms with Crippen LogP contribution in [0.4, 0.5) is 0 Å². The van der Waals surface area contributed by atoms with Gasteiger partial charge in [-0.05, 0) is 62.2 Å². The van der Waals surface area contributed by atoms with Gasteiger partial charge in [-0.2, -0.15) is 0 Å². The van der Waals surface area contributed by atoms with Gasteiger partial charge in [0.05, 0.1) is 6.61 Å². The smallest absolute Gasteiger partial charge is 0.120 e. The number of aliphatic hydroxyl groups is 1. The predicted octanol–water partition coefficient (Wildman–Crippen LogP) is 4.67. The first-order valence-electron chi connectivity index (χ1n) is 10.8. The van der Waals surface area contributed by atoms with Crippen molar-refractivity contribution in [2.45, 2.75) is 32.4 Å². The molecule has 3 aromatic carbocycles. The number of para-hydroxylation sites is 1. The first-order valence-corrected chi connectivity index (χ1v) is 10.8. The second-order valence-corrected chi connectivity index (χ2v) is 8.57. The first kappa shape index (κ1) is 21.7. The highest BCUT2D eigenvalue weighted by atomic mass is 16.3. The molecule has 32 heavy (non-hydrogen) atoms. The molecule has 0 saturated carbocycles. The average molecular weight is 425 g/mol. The summed E-state index contributed by atoms with van der Waals surface area (Å²) in [4.78, 5) is 3.29. The Balaban J connectivity index is 1.49. The quantitative estimate of drug-likeness (QED) is 0.340. The summed E-state index contributed by atoms with van der Waals surface area (Å²) in [6, 6.07) is 21.6. The van der Waals surface area contributed by atoms with Gasteiger partial charge >= 0.3 is 0 Å². The van der Waals surface area contributed by atoms with Crippen LogP contribution in [0.5, 0.6) is 5.75 Å². The number of benzene rings is 3. The topological polar surface area (TPSA) is 68.3 Å². The Hall–Kier alpha value is -3.52. The van der Waals surface area contributed by atoms with E-state index >= 15 is 0 Å². The summed E-state index contributed by atoms with van der Waals surface area (Å²) >= 11 is 0. The molecule has 1 atom stereocenters. The summed E-state index contributed by atoms with van der Waals surface area (Å²) in [5.74, 6) is 6.56. The Morgan fingerprint density at radius 1 is 0.938 bits per heavy atom. The zero-order valence-corrected chi connectivity index (χ0v) is 18.4. The number of hydrogen-bond donors (Lipinski definition) is 4. The second kappa shape index (κ2) is 9.32. The fourth-order valence-electron chi connectivity index (χ4n) is 3.77. The number of fused-ring (bicyclic) bond motifs is 1. The molecule has 0 aliphatic carbocycles.